The fraction of sp³-hybridized carbons (Fsp3) is 0.185. The summed E-state index contributed by atoms with van der Waals surface area (Å²) in [7, 11) is 0. The number of para-hydroxylation sites is 1. The number of carboxylic acids is 1. The lowest BCUT2D eigenvalue weighted by atomic mass is 10.1. The highest BCUT2D eigenvalue weighted by Gasteiger charge is 2.20. The maximum absolute atomic E-state index is 13.1. The van der Waals surface area contributed by atoms with Crippen molar-refractivity contribution >= 4 is 27.9 Å². The van der Waals surface area contributed by atoms with E-state index in [4.69, 9.17) is 30.1 Å². The van der Waals surface area contributed by atoms with Gasteiger partial charge in [-0.1, -0.05) is 24.3 Å². The molecule has 0 saturated heterocycles. The minimum atomic E-state index is -0.833. The number of carboxylic acid groups (broad SMARTS) is 1. The number of nitrogens with two attached hydrogens (primary N) is 1. The van der Waals surface area contributed by atoms with Gasteiger partial charge in [0.1, 0.15) is 24.4 Å². The number of carbonyl (C=O) groups is 1. The van der Waals surface area contributed by atoms with E-state index >= 15 is 0 Å². The molecule has 0 saturated carbocycles. The average Bonchev–Trinajstić information content (AvgIpc) is 3.26. The van der Waals surface area contributed by atoms with Crippen LogP contribution in [0.15, 0.2) is 65.6 Å². The molecular weight excluding hydrogens is 474 g/mol. The molecule has 0 aliphatic carbocycles. The third kappa shape index (κ3) is 4.87. The van der Waals surface area contributed by atoms with Gasteiger partial charge in [0.25, 0.3) is 11.5 Å². The van der Waals surface area contributed by atoms with Gasteiger partial charge in [-0.3, -0.25) is 14.6 Å². The van der Waals surface area contributed by atoms with Crippen LogP contribution in [0.25, 0.3) is 33.2 Å². The van der Waals surface area contributed by atoms with E-state index in [0.29, 0.717) is 54.5 Å². The Morgan fingerprint density at radius 1 is 1.05 bits per heavy atom. The Bertz CT molecular complexity index is 1670. The van der Waals surface area contributed by atoms with Crippen molar-refractivity contribution in [2.45, 2.75) is 20.0 Å². The number of benzene rings is 2. The summed E-state index contributed by atoms with van der Waals surface area (Å²) in [6.07, 6.45) is 1.96. The van der Waals surface area contributed by atoms with Gasteiger partial charge in [-0.15, -0.1) is 0 Å². The maximum atomic E-state index is 13.1. The fourth-order valence-corrected chi connectivity index (χ4v) is 4.31. The van der Waals surface area contributed by atoms with Crippen LogP contribution in [0.3, 0.4) is 0 Å². The van der Waals surface area contributed by atoms with Crippen LogP contribution in [0, 0.1) is 0 Å². The normalized spacial score (nSPS) is 12.3. The van der Waals surface area contributed by atoms with Crippen LogP contribution in [0.5, 0.6) is 11.5 Å². The first kappa shape index (κ1) is 24.0. The van der Waals surface area contributed by atoms with Gasteiger partial charge in [-0.05, 0) is 30.3 Å². The predicted molar refractivity (Wildman–Crippen MR) is 139 cm³/mol. The van der Waals surface area contributed by atoms with E-state index in [9.17, 15) is 4.79 Å². The van der Waals surface area contributed by atoms with Crippen LogP contribution in [-0.2, 0) is 17.9 Å². The second-order valence-electron chi connectivity index (χ2n) is 8.43. The van der Waals surface area contributed by atoms with Crippen LogP contribution in [0.1, 0.15) is 18.3 Å². The number of nitrogens with zero attached hydrogens (tertiary/aromatic N) is 3. The second-order valence-corrected chi connectivity index (χ2v) is 8.43. The molecule has 37 heavy (non-hydrogen) atoms. The van der Waals surface area contributed by atoms with E-state index in [0.717, 1.165) is 34.8 Å². The van der Waals surface area contributed by atoms with E-state index in [-0.39, 0.29) is 5.56 Å². The van der Waals surface area contributed by atoms with Crippen LogP contribution < -0.4 is 20.8 Å². The molecule has 1 aliphatic heterocycles. The Labute approximate surface area is 211 Å². The molecule has 0 atom stereocenters. The van der Waals surface area contributed by atoms with Gasteiger partial charge < -0.3 is 29.9 Å². The molecule has 0 spiro atoms. The number of rotatable bonds is 4. The predicted octanol–water partition coefficient (Wildman–Crippen LogP) is 3.31. The summed E-state index contributed by atoms with van der Waals surface area (Å²) in [6.45, 7) is 2.95. The molecule has 0 radical (unpaired) electrons. The zero-order valence-electron chi connectivity index (χ0n) is 20.1. The number of fused-ring (bicyclic) bond motifs is 4. The molecule has 0 amide bonds. The van der Waals surface area contributed by atoms with Gasteiger partial charge in [0, 0.05) is 36.1 Å². The lowest BCUT2D eigenvalue weighted by molar-refractivity contribution is -0.134. The Morgan fingerprint density at radius 2 is 1.81 bits per heavy atom. The van der Waals surface area contributed by atoms with Crippen LogP contribution >= 0.6 is 0 Å². The molecule has 188 valence electrons. The molecule has 0 bridgehead atoms. The largest absolute Gasteiger partial charge is 0.486 e. The Balaban J connectivity index is 0.000000655. The topological polar surface area (TPSA) is 145 Å². The van der Waals surface area contributed by atoms with Crippen molar-refractivity contribution in [2.75, 3.05) is 13.2 Å². The highest BCUT2D eigenvalue weighted by atomic mass is 16.6. The SMILES string of the molecule is CC(=O)O.NCc1cccc(Cn2cc(-c3nc4c5c(ccc4[nH]c3=O)OCCO5)c3ccccc32)n1. The monoisotopic (exact) mass is 499 g/mol. The van der Waals surface area contributed by atoms with E-state index in [2.05, 4.69) is 14.5 Å². The van der Waals surface area contributed by atoms with Crippen molar-refractivity contribution < 1.29 is 19.4 Å². The third-order valence-corrected chi connectivity index (χ3v) is 5.82. The van der Waals surface area contributed by atoms with Crippen LogP contribution in [-0.4, -0.2) is 43.8 Å². The third-order valence-electron chi connectivity index (χ3n) is 5.82. The molecule has 4 N–H and O–H groups in total. The minimum Gasteiger partial charge on any atom is -0.486 e. The van der Waals surface area contributed by atoms with Crippen molar-refractivity contribution in [2.24, 2.45) is 5.73 Å². The number of hydrogen-bond acceptors (Lipinski definition) is 7. The van der Waals surface area contributed by atoms with E-state index in [1.807, 2.05) is 48.7 Å². The molecule has 3 aromatic heterocycles. The van der Waals surface area contributed by atoms with Crippen molar-refractivity contribution in [3.63, 3.8) is 0 Å². The van der Waals surface area contributed by atoms with Crippen LogP contribution in [0.2, 0.25) is 0 Å². The summed E-state index contributed by atoms with van der Waals surface area (Å²) in [6, 6.07) is 17.4. The summed E-state index contributed by atoms with van der Waals surface area (Å²) in [5.41, 5.74) is 10.5. The zero-order chi connectivity index (χ0) is 25.9. The van der Waals surface area contributed by atoms with Crippen LogP contribution in [0.4, 0.5) is 0 Å². The quantitative estimate of drug-likeness (QED) is 0.341. The number of pyridine rings is 1. The molecule has 10 nitrogen and oxygen atoms in total. The summed E-state index contributed by atoms with van der Waals surface area (Å²) in [4.78, 5) is 34.4. The minimum absolute atomic E-state index is 0.259. The number of nitrogens with one attached hydrogen (secondary N) is 1. The lowest BCUT2D eigenvalue weighted by Gasteiger charge is -2.19. The average molecular weight is 500 g/mol. The highest BCUT2D eigenvalue weighted by Crippen LogP contribution is 2.37. The van der Waals surface area contributed by atoms with Gasteiger partial charge in [0.2, 0.25) is 0 Å². The fourth-order valence-electron chi connectivity index (χ4n) is 4.31. The molecule has 4 heterocycles. The van der Waals surface area contributed by atoms with E-state index in [1.54, 1.807) is 12.1 Å². The van der Waals surface area contributed by atoms with Gasteiger partial charge in [0.15, 0.2) is 11.5 Å². The summed E-state index contributed by atoms with van der Waals surface area (Å²) < 4.78 is 13.6. The number of aliphatic carboxylic acids is 1. The van der Waals surface area contributed by atoms with Gasteiger partial charge >= 0.3 is 0 Å². The standard InChI is InChI=1S/C25H21N5O3.C2H4O2/c26-12-15-4-3-5-16(27-15)13-30-14-18(17-6-1-2-7-20(17)30)22-25(31)28-19-8-9-21-24(23(19)29-22)33-11-10-32-21;1-2(3)4/h1-9,14H,10-13,26H2,(H,28,31);1H3,(H,3,4). The molecular formula is C27H25N5O5. The molecule has 0 fully saturated rings. The molecule has 0 unspecified atom stereocenters. The number of hydrogen-bond donors (Lipinski definition) is 3. The molecule has 10 heteroatoms. The first-order chi connectivity index (χ1) is 17.9. The number of aromatic nitrogens is 4. The molecule has 1 aliphatic rings. The highest BCUT2D eigenvalue weighted by molar-refractivity contribution is 5.96. The Hall–Kier alpha value is -4.70. The number of aromatic amines is 1. The second kappa shape index (κ2) is 10.1. The summed E-state index contributed by atoms with van der Waals surface area (Å²) in [5.74, 6) is 0.357. The lowest BCUT2D eigenvalue weighted by Crippen LogP contribution is -2.17. The first-order valence-corrected chi connectivity index (χ1v) is 11.7. The maximum Gasteiger partial charge on any atom is 0.300 e. The Kier molecular flexibility index (Phi) is 6.57. The van der Waals surface area contributed by atoms with Gasteiger partial charge in [0.05, 0.1) is 23.4 Å². The van der Waals surface area contributed by atoms with Crippen molar-refractivity contribution in [3.05, 3.63) is 82.5 Å². The summed E-state index contributed by atoms with van der Waals surface area (Å²) >= 11 is 0. The first-order valence-electron chi connectivity index (χ1n) is 11.7. The molecule has 6 rings (SSSR count). The molecule has 5 aromatic rings. The molecule has 2 aromatic carbocycles. The zero-order valence-corrected chi connectivity index (χ0v) is 20.1. The van der Waals surface area contributed by atoms with Crippen molar-refractivity contribution in [1.82, 2.24) is 19.5 Å². The van der Waals surface area contributed by atoms with Crippen molar-refractivity contribution in [1.29, 1.82) is 0 Å². The smallest absolute Gasteiger partial charge is 0.300 e. The van der Waals surface area contributed by atoms with Gasteiger partial charge in [-0.25, -0.2) is 4.98 Å². The Morgan fingerprint density at radius 3 is 2.62 bits per heavy atom. The van der Waals surface area contributed by atoms with E-state index in [1.165, 1.54) is 0 Å². The summed E-state index contributed by atoms with van der Waals surface area (Å²) in [5, 5.41) is 8.35. The van der Waals surface area contributed by atoms with Crippen molar-refractivity contribution in [3.8, 4) is 22.8 Å². The van der Waals surface area contributed by atoms with Gasteiger partial charge in [-0.2, -0.15) is 0 Å². The number of ether oxygens (including phenoxy) is 2. The number of H-pyrrole nitrogens is 1. The van der Waals surface area contributed by atoms with E-state index < -0.39 is 5.97 Å².